The summed E-state index contributed by atoms with van der Waals surface area (Å²) in [5.74, 6) is 0. The molecule has 0 spiro atoms. The first kappa shape index (κ1) is 35.2. The fraction of sp³-hybridized carbons (Fsp3) is 0.226. The Labute approximate surface area is 427 Å². The van der Waals surface area contributed by atoms with E-state index in [1.807, 2.05) is 93.6 Å². The van der Waals surface area contributed by atoms with Gasteiger partial charge in [0.25, 0.3) is 0 Å². The number of hydrogen-bond acceptors (Lipinski definition) is 3. The van der Waals surface area contributed by atoms with Gasteiger partial charge in [-0.1, -0.05) is 191 Å². The Kier molecular flexibility index (Phi) is 10.4. The van der Waals surface area contributed by atoms with E-state index >= 15 is 0 Å². The zero-order valence-electron chi connectivity index (χ0n) is 49.7. The molecule has 5 heteroatoms. The van der Waals surface area contributed by atoms with Gasteiger partial charge in [0, 0.05) is 53.0 Å². The van der Waals surface area contributed by atoms with Crippen molar-refractivity contribution in [3.63, 3.8) is 0 Å². The maximum absolute atomic E-state index is 8.53. The summed E-state index contributed by atoms with van der Waals surface area (Å²) in [6, 6.07) is 53.4. The molecule has 1 radical (unpaired) electrons. The molecule has 0 aliphatic heterocycles. The van der Waals surface area contributed by atoms with Gasteiger partial charge in [-0.2, -0.15) is 0 Å². The van der Waals surface area contributed by atoms with Crippen LogP contribution in [-0.2, 0) is 26.5 Å². The first-order chi connectivity index (χ1) is 36.3. The predicted molar refractivity (Wildman–Crippen MR) is 284 cm³/mol. The van der Waals surface area contributed by atoms with E-state index in [4.69, 9.17) is 19.5 Å². The molecule has 0 unspecified atom stereocenters. The SMILES string of the molecule is [2H]C([2H])([2H])c1c[c-]c(-c2ccc(C([2H])([2H])C(C)(C)C)cn2)cc1-c1ccccc1.[2H]C([2H])([2H])c1cnc(-c2[c-]ccc3c2oc2cc4c(ccc5ccccc54)cc23)cc1-c1ccc([Si](CC)(CC)CC)cc1C([2H])([2H])[2H].[Ir]. The number of benzene rings is 7. The van der Waals surface area contributed by atoms with E-state index in [1.54, 1.807) is 30.5 Å². The largest absolute Gasteiger partial charge is 0.501 e. The molecular formula is C62H60IrN2OSi-2. The fourth-order valence-corrected chi connectivity index (χ4v) is 12.9. The standard InChI is InChI=1S/C39H36NOSi.C23H24N.Ir/c1-6-42(7-2,8-3)29-18-19-30(25(4)20-29)34-22-37(40-24-26(34)5)33-15-11-14-32-36-21-28-17-16-27-12-9-10-13-31(27)35(28)23-38(36)41-39(32)33;1-17-10-12-20(14-21(17)19-8-6-5-7-9-19)22-13-11-18(16-24-22)15-23(2,3)4;/h9-14,16-24H,6-8H2,1-5H3;5-11,13-14,16H,15H2,1-4H3;/q2*-1;/i4D3,5D3;1D3,15D2;. The third kappa shape index (κ3) is 9.61. The van der Waals surface area contributed by atoms with E-state index in [0.29, 0.717) is 50.4 Å². The van der Waals surface area contributed by atoms with Crippen molar-refractivity contribution >= 4 is 56.7 Å². The van der Waals surface area contributed by atoms with Gasteiger partial charge < -0.3 is 14.4 Å². The fourth-order valence-electron chi connectivity index (χ4n) is 9.27. The minimum absolute atomic E-state index is 0. The molecule has 0 saturated heterocycles. The first-order valence-corrected chi connectivity index (χ1v) is 25.3. The number of furan rings is 1. The maximum atomic E-state index is 8.53. The number of aryl methyl sites for hydroxylation is 3. The smallest absolute Gasteiger partial charge is 0.121 e. The van der Waals surface area contributed by atoms with Crippen molar-refractivity contribution in [1.29, 1.82) is 0 Å². The monoisotopic (exact) mass is 1080 g/mol. The number of aromatic nitrogens is 2. The van der Waals surface area contributed by atoms with E-state index in [1.165, 1.54) is 12.3 Å². The van der Waals surface area contributed by atoms with Crippen molar-refractivity contribution in [3.8, 4) is 44.8 Å². The molecule has 10 aromatic rings. The Bertz CT molecular complexity index is 3790. The third-order valence-electron chi connectivity index (χ3n) is 13.0. The van der Waals surface area contributed by atoms with Crippen LogP contribution >= 0.6 is 0 Å². The number of rotatable bonds is 9. The molecular weight excluding hydrogens is 1010 g/mol. The quantitative estimate of drug-likeness (QED) is 0.0821. The van der Waals surface area contributed by atoms with Gasteiger partial charge in [0.2, 0.25) is 0 Å². The Morgan fingerprint density at radius 1 is 0.612 bits per heavy atom. The first-order valence-electron chi connectivity index (χ1n) is 28.2. The molecule has 0 bridgehead atoms. The molecule has 339 valence electrons. The van der Waals surface area contributed by atoms with E-state index in [2.05, 4.69) is 79.3 Å². The molecule has 67 heavy (non-hydrogen) atoms. The van der Waals surface area contributed by atoms with Gasteiger partial charge >= 0.3 is 0 Å². The van der Waals surface area contributed by atoms with Crippen LogP contribution in [0.5, 0.6) is 0 Å². The second kappa shape index (κ2) is 19.7. The Hall–Kier alpha value is -5.97. The van der Waals surface area contributed by atoms with E-state index in [0.717, 1.165) is 66.8 Å². The van der Waals surface area contributed by atoms with Crippen LogP contribution in [0.2, 0.25) is 18.1 Å². The van der Waals surface area contributed by atoms with Gasteiger partial charge in [-0.05, 0) is 104 Å². The number of pyridine rings is 2. The van der Waals surface area contributed by atoms with E-state index in [9.17, 15) is 0 Å². The molecule has 0 aliphatic carbocycles. The summed E-state index contributed by atoms with van der Waals surface area (Å²) in [4.78, 5) is 9.06. The van der Waals surface area contributed by atoms with Crippen LogP contribution < -0.4 is 5.19 Å². The second-order valence-electron chi connectivity index (χ2n) is 18.1. The van der Waals surface area contributed by atoms with E-state index < -0.39 is 40.4 Å². The van der Waals surface area contributed by atoms with Gasteiger partial charge in [-0.25, -0.2) is 0 Å². The minimum Gasteiger partial charge on any atom is -0.501 e. The topological polar surface area (TPSA) is 38.9 Å². The zero-order chi connectivity index (χ0) is 55.5. The van der Waals surface area contributed by atoms with Crippen molar-refractivity contribution in [2.24, 2.45) is 5.41 Å². The predicted octanol–water partition coefficient (Wildman–Crippen LogP) is 16.9. The van der Waals surface area contributed by atoms with Crippen LogP contribution in [0.25, 0.3) is 88.3 Å². The summed E-state index contributed by atoms with van der Waals surface area (Å²) in [7, 11) is -1.91. The maximum Gasteiger partial charge on any atom is 0.121 e. The summed E-state index contributed by atoms with van der Waals surface area (Å²) in [5, 5.41) is 7.43. The third-order valence-corrected chi connectivity index (χ3v) is 18.6. The molecule has 0 N–H and O–H groups in total. The number of nitrogens with zero attached hydrogens (tertiary/aromatic N) is 2. The van der Waals surface area contributed by atoms with Crippen LogP contribution in [0, 0.1) is 38.1 Å². The molecule has 3 nitrogen and oxygen atoms in total. The molecule has 0 amide bonds. The average molecular weight is 1080 g/mol. The van der Waals surface area contributed by atoms with E-state index in [-0.39, 0.29) is 36.8 Å². The van der Waals surface area contributed by atoms with Crippen molar-refractivity contribution in [2.75, 3.05) is 0 Å². The van der Waals surface area contributed by atoms with Gasteiger partial charge in [0.15, 0.2) is 0 Å². The van der Waals surface area contributed by atoms with Crippen LogP contribution in [0.15, 0.2) is 156 Å². The van der Waals surface area contributed by atoms with Crippen molar-refractivity contribution in [1.82, 2.24) is 9.97 Å². The Morgan fingerprint density at radius 2 is 1.36 bits per heavy atom. The van der Waals surface area contributed by atoms with Crippen molar-refractivity contribution < 1.29 is 39.6 Å². The summed E-state index contributed by atoms with van der Waals surface area (Å²) in [6.45, 7) is 4.90. The molecule has 0 fully saturated rings. The second-order valence-corrected chi connectivity index (χ2v) is 23.4. The van der Waals surface area contributed by atoms with Crippen LogP contribution in [0.3, 0.4) is 0 Å². The van der Waals surface area contributed by atoms with Crippen LogP contribution in [0.4, 0.5) is 0 Å². The molecule has 7 aromatic carbocycles. The number of fused-ring (bicyclic) bond motifs is 6. The van der Waals surface area contributed by atoms with Crippen LogP contribution in [-0.4, -0.2) is 18.0 Å². The molecule has 10 rings (SSSR count). The molecule has 0 aliphatic rings. The normalized spacial score (nSPS) is 15.0. The Balaban J connectivity index is 0.000000230. The molecule has 3 aromatic heterocycles. The summed E-state index contributed by atoms with van der Waals surface area (Å²) in [5.41, 5.74) is 6.14. The molecule has 0 atom stereocenters. The minimum atomic E-state index is -2.52. The van der Waals surface area contributed by atoms with Gasteiger partial charge in [0.05, 0.1) is 13.7 Å². The van der Waals surface area contributed by atoms with Crippen molar-refractivity contribution in [2.45, 2.75) is 86.6 Å². The van der Waals surface area contributed by atoms with Gasteiger partial charge in [-0.3, -0.25) is 0 Å². The average Bonchev–Trinajstić information content (AvgIpc) is 4.02. The molecule has 0 saturated carbocycles. The van der Waals surface area contributed by atoms with Gasteiger partial charge in [-0.15, -0.1) is 47.5 Å². The summed E-state index contributed by atoms with van der Waals surface area (Å²) < 4.78 is 97.6. The van der Waals surface area contributed by atoms with Crippen molar-refractivity contribution in [3.05, 3.63) is 186 Å². The summed E-state index contributed by atoms with van der Waals surface area (Å²) >= 11 is 0. The number of hydrogen-bond donors (Lipinski definition) is 0. The zero-order valence-corrected chi connectivity index (χ0v) is 42.1. The summed E-state index contributed by atoms with van der Waals surface area (Å²) in [6.07, 6.45) is 1.38. The molecule has 3 heterocycles. The van der Waals surface area contributed by atoms with Gasteiger partial charge in [0.1, 0.15) is 5.58 Å². The van der Waals surface area contributed by atoms with Crippen LogP contribution in [0.1, 0.15) is 78.9 Å². The Morgan fingerprint density at radius 3 is 2.09 bits per heavy atom.